The van der Waals surface area contributed by atoms with Crippen molar-refractivity contribution in [3.8, 4) is 5.75 Å². The number of ether oxygens (including phenoxy) is 1. The second-order valence-electron chi connectivity index (χ2n) is 5.96. The fourth-order valence-electron chi connectivity index (χ4n) is 2.79. The highest BCUT2D eigenvalue weighted by Crippen LogP contribution is 2.28. The Labute approximate surface area is 144 Å². The van der Waals surface area contributed by atoms with Gasteiger partial charge in [-0.1, -0.05) is 55.5 Å². The molecule has 1 amide bonds. The molecule has 126 valence electrons. The number of hydrogen-bond acceptors (Lipinski definition) is 2. The van der Waals surface area contributed by atoms with E-state index >= 15 is 0 Å². The summed E-state index contributed by atoms with van der Waals surface area (Å²) in [5.41, 5.74) is 2.15. The Morgan fingerprint density at radius 1 is 1.04 bits per heavy atom. The second kappa shape index (κ2) is 8.34. The van der Waals surface area contributed by atoms with Gasteiger partial charge in [0, 0.05) is 11.8 Å². The lowest BCUT2D eigenvalue weighted by atomic mass is 9.86. The first-order valence-corrected chi connectivity index (χ1v) is 8.18. The highest BCUT2D eigenvalue weighted by atomic mass is 16.5. The van der Waals surface area contributed by atoms with Gasteiger partial charge in [0.1, 0.15) is 5.75 Å². The number of allylic oxidation sites excluding steroid dienone is 1. The quantitative estimate of drug-likeness (QED) is 0.763. The number of hydrogen-bond donors (Lipinski definition) is 1. The van der Waals surface area contributed by atoms with Crippen molar-refractivity contribution in [2.45, 2.75) is 25.8 Å². The molecule has 0 fully saturated rings. The summed E-state index contributed by atoms with van der Waals surface area (Å²) in [6.07, 6.45) is 1.83. The maximum atomic E-state index is 12.6. The maximum Gasteiger partial charge on any atom is 0.224 e. The minimum absolute atomic E-state index is 0.0204. The topological polar surface area (TPSA) is 38.3 Å². The van der Waals surface area contributed by atoms with Crippen LogP contribution in [0.5, 0.6) is 5.75 Å². The fraction of sp³-hybridized carbons (Fsp3) is 0.286. The van der Waals surface area contributed by atoms with Gasteiger partial charge in [0.05, 0.1) is 13.2 Å². The molecule has 3 atom stereocenters. The van der Waals surface area contributed by atoms with E-state index in [0.29, 0.717) is 0 Å². The van der Waals surface area contributed by atoms with E-state index in [0.717, 1.165) is 16.9 Å². The summed E-state index contributed by atoms with van der Waals surface area (Å²) in [4.78, 5) is 12.6. The molecule has 0 saturated heterocycles. The van der Waals surface area contributed by atoms with Gasteiger partial charge in [-0.25, -0.2) is 0 Å². The van der Waals surface area contributed by atoms with Crippen molar-refractivity contribution in [2.24, 2.45) is 5.92 Å². The highest BCUT2D eigenvalue weighted by molar-refractivity contribution is 5.80. The number of carbonyl (C=O) groups is 1. The largest absolute Gasteiger partial charge is 0.497 e. The van der Waals surface area contributed by atoms with Gasteiger partial charge in [-0.15, -0.1) is 6.58 Å². The van der Waals surface area contributed by atoms with Gasteiger partial charge in [0.25, 0.3) is 0 Å². The zero-order valence-electron chi connectivity index (χ0n) is 14.5. The summed E-state index contributed by atoms with van der Waals surface area (Å²) in [7, 11) is 1.64. The molecule has 0 bridgehead atoms. The Hall–Kier alpha value is -2.55. The van der Waals surface area contributed by atoms with Gasteiger partial charge in [-0.05, 0) is 30.2 Å². The third kappa shape index (κ3) is 4.25. The monoisotopic (exact) mass is 323 g/mol. The van der Waals surface area contributed by atoms with Crippen LogP contribution in [-0.4, -0.2) is 13.0 Å². The molecule has 0 unspecified atom stereocenters. The van der Waals surface area contributed by atoms with Crippen LogP contribution in [0.25, 0.3) is 0 Å². The van der Waals surface area contributed by atoms with E-state index < -0.39 is 0 Å². The van der Waals surface area contributed by atoms with Crippen molar-refractivity contribution in [2.75, 3.05) is 7.11 Å². The minimum atomic E-state index is -0.206. The van der Waals surface area contributed by atoms with Crippen LogP contribution < -0.4 is 10.1 Å². The average molecular weight is 323 g/mol. The molecule has 3 nitrogen and oxygen atoms in total. The summed E-state index contributed by atoms with van der Waals surface area (Å²) < 4.78 is 5.19. The predicted molar refractivity (Wildman–Crippen MR) is 98.1 cm³/mol. The molecule has 0 aliphatic rings. The summed E-state index contributed by atoms with van der Waals surface area (Å²) >= 11 is 0. The zero-order valence-corrected chi connectivity index (χ0v) is 14.5. The normalized spacial score (nSPS) is 14.3. The molecule has 2 aromatic rings. The van der Waals surface area contributed by atoms with Crippen molar-refractivity contribution in [1.29, 1.82) is 0 Å². The number of nitrogens with one attached hydrogen (secondary N) is 1. The molecule has 0 aliphatic heterocycles. The summed E-state index contributed by atoms with van der Waals surface area (Å²) in [6.45, 7) is 7.84. The lowest BCUT2D eigenvalue weighted by Gasteiger charge is -2.23. The van der Waals surface area contributed by atoms with E-state index in [-0.39, 0.29) is 23.8 Å². The highest BCUT2D eigenvalue weighted by Gasteiger charge is 2.24. The van der Waals surface area contributed by atoms with Crippen LogP contribution in [0.2, 0.25) is 0 Å². The number of methoxy groups -OCH3 is 1. The smallest absolute Gasteiger partial charge is 0.224 e. The molecular formula is C21H25NO2. The van der Waals surface area contributed by atoms with Crippen LogP contribution in [0.15, 0.2) is 67.3 Å². The first kappa shape index (κ1) is 17.8. The van der Waals surface area contributed by atoms with Crippen LogP contribution >= 0.6 is 0 Å². The minimum Gasteiger partial charge on any atom is -0.497 e. The van der Waals surface area contributed by atoms with Gasteiger partial charge in [0.15, 0.2) is 0 Å². The maximum absolute atomic E-state index is 12.6. The number of amides is 1. The Morgan fingerprint density at radius 3 is 2.21 bits per heavy atom. The van der Waals surface area contributed by atoms with Gasteiger partial charge >= 0.3 is 0 Å². The van der Waals surface area contributed by atoms with Gasteiger partial charge in [0.2, 0.25) is 5.91 Å². The molecule has 0 radical (unpaired) electrons. The SMILES string of the molecule is C=C[C@@H](c1ccc(OC)cc1)[C@@H](C)C(=O)N[C@H](C)c1ccccc1. The third-order valence-electron chi connectivity index (χ3n) is 4.37. The van der Waals surface area contributed by atoms with Gasteiger partial charge in [-0.3, -0.25) is 4.79 Å². The van der Waals surface area contributed by atoms with Crippen LogP contribution in [0.1, 0.15) is 36.9 Å². The lowest BCUT2D eigenvalue weighted by molar-refractivity contribution is -0.125. The van der Waals surface area contributed by atoms with Gasteiger partial charge in [-0.2, -0.15) is 0 Å². The molecule has 24 heavy (non-hydrogen) atoms. The summed E-state index contributed by atoms with van der Waals surface area (Å²) in [6, 6.07) is 17.7. The first-order valence-electron chi connectivity index (χ1n) is 8.18. The van der Waals surface area contributed by atoms with Crippen LogP contribution in [0.3, 0.4) is 0 Å². The van der Waals surface area contributed by atoms with Crippen molar-refractivity contribution < 1.29 is 9.53 Å². The standard InChI is InChI=1S/C21H25NO2/c1-5-20(18-11-13-19(24-4)14-12-18)15(2)21(23)22-16(3)17-9-7-6-8-10-17/h5-16,20H,1H2,2-4H3,(H,22,23)/t15-,16-,20-/m1/s1. The zero-order chi connectivity index (χ0) is 17.5. The van der Waals surface area contributed by atoms with Crippen LogP contribution in [-0.2, 0) is 4.79 Å². The second-order valence-corrected chi connectivity index (χ2v) is 5.96. The van der Waals surface area contributed by atoms with Crippen molar-refractivity contribution in [3.05, 3.63) is 78.4 Å². The molecular weight excluding hydrogens is 298 g/mol. The Balaban J connectivity index is 2.08. The van der Waals surface area contributed by atoms with Gasteiger partial charge < -0.3 is 10.1 Å². The third-order valence-corrected chi connectivity index (χ3v) is 4.37. The van der Waals surface area contributed by atoms with Crippen molar-refractivity contribution in [1.82, 2.24) is 5.32 Å². The number of benzene rings is 2. The molecule has 2 aromatic carbocycles. The van der Waals surface area contributed by atoms with Crippen LogP contribution in [0.4, 0.5) is 0 Å². The fourth-order valence-corrected chi connectivity index (χ4v) is 2.79. The summed E-state index contributed by atoms with van der Waals surface area (Å²) in [5.74, 6) is 0.573. The Bertz CT molecular complexity index is 664. The molecule has 2 rings (SSSR count). The van der Waals surface area contributed by atoms with Crippen LogP contribution in [0, 0.1) is 5.92 Å². The molecule has 3 heteroatoms. The Kier molecular flexibility index (Phi) is 6.19. The van der Waals surface area contributed by atoms with Crippen molar-refractivity contribution >= 4 is 5.91 Å². The molecule has 0 aliphatic carbocycles. The van der Waals surface area contributed by atoms with E-state index in [1.165, 1.54) is 0 Å². The van der Waals surface area contributed by atoms with E-state index in [1.54, 1.807) is 7.11 Å². The molecule has 0 saturated carbocycles. The molecule has 0 spiro atoms. The lowest BCUT2D eigenvalue weighted by Crippen LogP contribution is -2.34. The summed E-state index contributed by atoms with van der Waals surface area (Å²) in [5, 5.41) is 3.09. The van der Waals surface area contributed by atoms with E-state index in [2.05, 4.69) is 11.9 Å². The molecule has 0 aromatic heterocycles. The molecule has 1 N–H and O–H groups in total. The number of rotatable bonds is 7. The first-order chi connectivity index (χ1) is 11.6. The van der Waals surface area contributed by atoms with E-state index in [1.807, 2.05) is 74.5 Å². The molecule has 0 heterocycles. The van der Waals surface area contributed by atoms with Crippen molar-refractivity contribution in [3.63, 3.8) is 0 Å². The average Bonchev–Trinajstić information content (AvgIpc) is 2.63. The number of carbonyl (C=O) groups excluding carboxylic acids is 1. The van der Waals surface area contributed by atoms with E-state index in [9.17, 15) is 4.79 Å². The Morgan fingerprint density at radius 2 is 1.67 bits per heavy atom. The predicted octanol–water partition coefficient (Wildman–Crippen LogP) is 4.48. The van der Waals surface area contributed by atoms with E-state index in [4.69, 9.17) is 4.74 Å².